The van der Waals surface area contributed by atoms with Gasteiger partial charge >= 0.3 is 0 Å². The van der Waals surface area contributed by atoms with Crippen molar-refractivity contribution in [2.24, 2.45) is 0 Å². The molecule has 0 aliphatic carbocycles. The van der Waals surface area contributed by atoms with Gasteiger partial charge in [-0.15, -0.1) is 0 Å². The second kappa shape index (κ2) is 4.93. The number of rotatable bonds is 2. The quantitative estimate of drug-likeness (QED) is 0.867. The van der Waals surface area contributed by atoms with Crippen LogP contribution in [0.3, 0.4) is 0 Å². The molecule has 0 saturated carbocycles. The molecule has 0 spiro atoms. The Labute approximate surface area is 109 Å². The summed E-state index contributed by atoms with van der Waals surface area (Å²) in [6, 6.07) is 6.51. The van der Waals surface area contributed by atoms with Crippen LogP contribution in [0.4, 0.5) is 15.8 Å². The van der Waals surface area contributed by atoms with Crippen molar-refractivity contribution in [1.29, 1.82) is 0 Å². The molecule has 0 atom stereocenters. The molecule has 0 saturated heterocycles. The minimum atomic E-state index is -0.299. The lowest BCUT2D eigenvalue weighted by Crippen LogP contribution is -1.94. The average molecular weight is 346 g/mol. The lowest BCUT2D eigenvalue weighted by Gasteiger charge is -2.09. The molecule has 0 amide bonds. The lowest BCUT2D eigenvalue weighted by atomic mass is 10.3. The van der Waals surface area contributed by atoms with Crippen LogP contribution < -0.4 is 5.32 Å². The largest absolute Gasteiger partial charge is 0.352 e. The Morgan fingerprint density at radius 2 is 1.94 bits per heavy atom. The number of benzene rings is 1. The standard InChI is InChI=1S/C11H7Br2FN2/c12-7-1-2-9(14)11(5-7)16-10-3-4-15-6-8(10)13/h1-6H,(H,15,16). The van der Waals surface area contributed by atoms with Crippen LogP contribution in [-0.2, 0) is 0 Å². The molecule has 1 aromatic heterocycles. The fraction of sp³-hybridized carbons (Fsp3) is 0. The van der Waals surface area contributed by atoms with Gasteiger partial charge in [-0.3, -0.25) is 4.98 Å². The van der Waals surface area contributed by atoms with E-state index in [-0.39, 0.29) is 5.82 Å². The van der Waals surface area contributed by atoms with E-state index in [9.17, 15) is 4.39 Å². The smallest absolute Gasteiger partial charge is 0.146 e. The van der Waals surface area contributed by atoms with Gasteiger partial charge in [0.2, 0.25) is 0 Å². The summed E-state index contributed by atoms with van der Waals surface area (Å²) in [4.78, 5) is 3.94. The SMILES string of the molecule is Fc1ccc(Br)cc1Nc1ccncc1Br. The monoisotopic (exact) mass is 344 g/mol. The molecular weight excluding hydrogens is 339 g/mol. The molecule has 2 nitrogen and oxygen atoms in total. The summed E-state index contributed by atoms with van der Waals surface area (Å²) in [5.41, 5.74) is 1.19. The highest BCUT2D eigenvalue weighted by atomic mass is 79.9. The zero-order valence-corrected chi connectivity index (χ0v) is 11.2. The van der Waals surface area contributed by atoms with Gasteiger partial charge in [0.05, 0.1) is 15.8 Å². The number of nitrogens with one attached hydrogen (secondary N) is 1. The Kier molecular flexibility index (Phi) is 3.56. The zero-order valence-electron chi connectivity index (χ0n) is 8.05. The summed E-state index contributed by atoms with van der Waals surface area (Å²) < 4.78 is 15.1. The van der Waals surface area contributed by atoms with Gasteiger partial charge in [0.15, 0.2) is 0 Å². The van der Waals surface area contributed by atoms with Crippen molar-refractivity contribution >= 4 is 43.2 Å². The Bertz CT molecular complexity index is 517. The molecule has 1 aromatic carbocycles. The molecule has 0 radical (unpaired) electrons. The third-order valence-electron chi connectivity index (χ3n) is 1.97. The summed E-state index contributed by atoms with van der Waals surface area (Å²) in [5, 5.41) is 2.99. The zero-order chi connectivity index (χ0) is 11.5. The Morgan fingerprint density at radius 3 is 2.69 bits per heavy atom. The van der Waals surface area contributed by atoms with Gasteiger partial charge in [-0.2, -0.15) is 0 Å². The highest BCUT2D eigenvalue weighted by Gasteiger charge is 2.05. The molecule has 5 heteroatoms. The molecule has 0 unspecified atom stereocenters. The van der Waals surface area contributed by atoms with Crippen molar-refractivity contribution in [3.8, 4) is 0 Å². The molecule has 16 heavy (non-hydrogen) atoms. The van der Waals surface area contributed by atoms with E-state index in [1.54, 1.807) is 30.6 Å². The molecule has 0 fully saturated rings. The number of hydrogen-bond donors (Lipinski definition) is 1. The predicted octanol–water partition coefficient (Wildman–Crippen LogP) is 4.49. The van der Waals surface area contributed by atoms with Crippen molar-refractivity contribution in [2.75, 3.05) is 5.32 Å². The second-order valence-electron chi connectivity index (χ2n) is 3.10. The van der Waals surface area contributed by atoms with Crippen LogP contribution in [0, 0.1) is 5.82 Å². The van der Waals surface area contributed by atoms with Gasteiger partial charge in [0.25, 0.3) is 0 Å². The van der Waals surface area contributed by atoms with E-state index in [0.29, 0.717) is 5.69 Å². The summed E-state index contributed by atoms with van der Waals surface area (Å²) in [6.45, 7) is 0. The molecule has 0 bridgehead atoms. The van der Waals surface area contributed by atoms with E-state index in [2.05, 4.69) is 42.2 Å². The van der Waals surface area contributed by atoms with Crippen LogP contribution in [0.25, 0.3) is 0 Å². The molecule has 82 valence electrons. The van der Waals surface area contributed by atoms with E-state index >= 15 is 0 Å². The normalized spacial score (nSPS) is 10.2. The van der Waals surface area contributed by atoms with Crippen LogP contribution in [0.2, 0.25) is 0 Å². The van der Waals surface area contributed by atoms with E-state index in [0.717, 1.165) is 14.6 Å². The van der Waals surface area contributed by atoms with E-state index in [4.69, 9.17) is 0 Å². The van der Waals surface area contributed by atoms with Crippen LogP contribution in [0.15, 0.2) is 45.6 Å². The van der Waals surface area contributed by atoms with Crippen molar-refractivity contribution < 1.29 is 4.39 Å². The molecule has 2 aromatic rings. The first-order valence-corrected chi connectivity index (χ1v) is 6.07. The Balaban J connectivity index is 2.34. The van der Waals surface area contributed by atoms with Crippen LogP contribution in [0.5, 0.6) is 0 Å². The summed E-state index contributed by atoms with van der Waals surface area (Å²) in [5.74, 6) is -0.299. The highest BCUT2D eigenvalue weighted by Crippen LogP contribution is 2.27. The summed E-state index contributed by atoms with van der Waals surface area (Å²) >= 11 is 6.64. The number of pyridine rings is 1. The first-order chi connectivity index (χ1) is 7.66. The summed E-state index contributed by atoms with van der Waals surface area (Å²) in [7, 11) is 0. The number of anilines is 2. The second-order valence-corrected chi connectivity index (χ2v) is 4.87. The average Bonchev–Trinajstić information content (AvgIpc) is 2.27. The fourth-order valence-corrected chi connectivity index (χ4v) is 1.93. The Hall–Kier alpha value is -0.940. The van der Waals surface area contributed by atoms with Crippen molar-refractivity contribution in [3.63, 3.8) is 0 Å². The predicted molar refractivity (Wildman–Crippen MR) is 69.3 cm³/mol. The van der Waals surface area contributed by atoms with E-state index < -0.39 is 0 Å². The van der Waals surface area contributed by atoms with E-state index in [1.165, 1.54) is 6.07 Å². The van der Waals surface area contributed by atoms with Gasteiger partial charge in [-0.25, -0.2) is 4.39 Å². The molecule has 1 heterocycles. The van der Waals surface area contributed by atoms with Crippen molar-refractivity contribution in [2.45, 2.75) is 0 Å². The molecule has 2 rings (SSSR count). The Morgan fingerprint density at radius 1 is 1.12 bits per heavy atom. The van der Waals surface area contributed by atoms with Crippen LogP contribution in [-0.4, -0.2) is 4.98 Å². The van der Waals surface area contributed by atoms with Crippen molar-refractivity contribution in [3.05, 3.63) is 51.4 Å². The van der Waals surface area contributed by atoms with Gasteiger partial charge in [-0.05, 0) is 40.2 Å². The first kappa shape index (κ1) is 11.5. The van der Waals surface area contributed by atoms with Crippen molar-refractivity contribution in [1.82, 2.24) is 4.98 Å². The maximum absolute atomic E-state index is 13.5. The summed E-state index contributed by atoms with van der Waals surface area (Å²) in [6.07, 6.45) is 3.29. The lowest BCUT2D eigenvalue weighted by molar-refractivity contribution is 0.631. The molecular formula is C11H7Br2FN2. The minimum Gasteiger partial charge on any atom is -0.352 e. The van der Waals surface area contributed by atoms with Gasteiger partial charge in [0, 0.05) is 16.9 Å². The topological polar surface area (TPSA) is 24.9 Å². The number of hydrogen-bond acceptors (Lipinski definition) is 2. The number of nitrogens with zero attached hydrogens (tertiary/aromatic N) is 1. The maximum Gasteiger partial charge on any atom is 0.146 e. The van der Waals surface area contributed by atoms with Crippen LogP contribution in [0.1, 0.15) is 0 Å². The minimum absolute atomic E-state index is 0.299. The first-order valence-electron chi connectivity index (χ1n) is 4.48. The van der Waals surface area contributed by atoms with E-state index in [1.807, 2.05) is 0 Å². The number of aromatic nitrogens is 1. The maximum atomic E-state index is 13.5. The third-order valence-corrected chi connectivity index (χ3v) is 3.10. The van der Waals surface area contributed by atoms with Gasteiger partial charge in [0.1, 0.15) is 5.82 Å². The highest BCUT2D eigenvalue weighted by molar-refractivity contribution is 9.10. The van der Waals surface area contributed by atoms with Gasteiger partial charge in [-0.1, -0.05) is 15.9 Å². The third kappa shape index (κ3) is 2.59. The molecule has 1 N–H and O–H groups in total. The molecule has 0 aliphatic heterocycles. The van der Waals surface area contributed by atoms with Crippen LogP contribution >= 0.6 is 31.9 Å². The van der Waals surface area contributed by atoms with Gasteiger partial charge < -0.3 is 5.32 Å². The fourth-order valence-electron chi connectivity index (χ4n) is 1.21. The number of halogens is 3. The molecule has 0 aliphatic rings.